The Labute approximate surface area is 115 Å². The fourth-order valence-corrected chi connectivity index (χ4v) is 3.17. The van der Waals surface area contributed by atoms with Gasteiger partial charge in [-0.3, -0.25) is 0 Å². The van der Waals surface area contributed by atoms with Crippen LogP contribution in [-0.2, 0) is 13.0 Å². The van der Waals surface area contributed by atoms with E-state index in [0.29, 0.717) is 6.04 Å². The van der Waals surface area contributed by atoms with Gasteiger partial charge in [0.15, 0.2) is 0 Å². The van der Waals surface area contributed by atoms with Crippen LogP contribution in [0.3, 0.4) is 0 Å². The number of hydrogen-bond donors (Lipinski definition) is 1. The molecule has 3 nitrogen and oxygen atoms in total. The molecule has 0 spiro atoms. The second-order valence-electron chi connectivity index (χ2n) is 6.57. The van der Waals surface area contributed by atoms with Crippen LogP contribution in [0, 0.1) is 0 Å². The molecule has 0 aliphatic carbocycles. The summed E-state index contributed by atoms with van der Waals surface area (Å²) in [6.07, 6.45) is 2.26. The topological polar surface area (TPSA) is 24.5 Å². The van der Waals surface area contributed by atoms with Gasteiger partial charge in [-0.2, -0.15) is 0 Å². The van der Waals surface area contributed by atoms with Crippen molar-refractivity contribution in [1.82, 2.24) is 10.2 Å². The predicted molar refractivity (Wildman–Crippen MR) is 77.6 cm³/mol. The highest BCUT2D eigenvalue weighted by molar-refractivity contribution is 5.45. The molecule has 2 aliphatic rings. The zero-order valence-corrected chi connectivity index (χ0v) is 12.2. The van der Waals surface area contributed by atoms with E-state index in [2.05, 4.69) is 49.3 Å². The van der Waals surface area contributed by atoms with Gasteiger partial charge in [0, 0.05) is 31.1 Å². The molecule has 1 aromatic carbocycles. The van der Waals surface area contributed by atoms with Crippen LogP contribution in [0.25, 0.3) is 0 Å². The minimum Gasteiger partial charge on any atom is -0.487 e. The van der Waals surface area contributed by atoms with Crippen LogP contribution in [0.5, 0.6) is 5.75 Å². The first-order chi connectivity index (χ1) is 9.03. The van der Waals surface area contributed by atoms with E-state index in [9.17, 15) is 0 Å². The third kappa shape index (κ3) is 2.77. The third-order valence-corrected chi connectivity index (χ3v) is 4.15. The average Bonchev–Trinajstić information content (AvgIpc) is 2.88. The molecule has 0 bridgehead atoms. The summed E-state index contributed by atoms with van der Waals surface area (Å²) in [6, 6.07) is 7.15. The molecule has 104 valence electrons. The van der Waals surface area contributed by atoms with Gasteiger partial charge >= 0.3 is 0 Å². The Morgan fingerprint density at radius 3 is 3.00 bits per heavy atom. The number of likely N-dealkylation sites (N-methyl/N-ethyl adjacent to an activating group) is 1. The summed E-state index contributed by atoms with van der Waals surface area (Å²) in [5.41, 5.74) is 2.61. The number of hydrogen-bond acceptors (Lipinski definition) is 3. The molecule has 19 heavy (non-hydrogen) atoms. The maximum absolute atomic E-state index is 6.11. The summed E-state index contributed by atoms with van der Waals surface area (Å²) in [5, 5.41) is 3.66. The molecule has 0 aromatic heterocycles. The molecule has 0 radical (unpaired) electrons. The minimum absolute atomic E-state index is 0.0496. The van der Waals surface area contributed by atoms with Crippen LogP contribution in [0.1, 0.15) is 31.4 Å². The van der Waals surface area contributed by atoms with Gasteiger partial charge in [0.2, 0.25) is 0 Å². The number of nitrogens with one attached hydrogen (secondary N) is 1. The van der Waals surface area contributed by atoms with Gasteiger partial charge in [0.1, 0.15) is 11.4 Å². The van der Waals surface area contributed by atoms with Gasteiger partial charge in [-0.15, -0.1) is 0 Å². The van der Waals surface area contributed by atoms with Gasteiger partial charge in [0.25, 0.3) is 0 Å². The van der Waals surface area contributed by atoms with E-state index in [0.717, 1.165) is 25.3 Å². The van der Waals surface area contributed by atoms with Gasteiger partial charge in [0.05, 0.1) is 0 Å². The zero-order chi connectivity index (χ0) is 13.5. The zero-order valence-electron chi connectivity index (χ0n) is 12.2. The summed E-state index contributed by atoms with van der Waals surface area (Å²) in [5.74, 6) is 1.12. The highest BCUT2D eigenvalue weighted by atomic mass is 16.5. The molecule has 0 saturated carbocycles. The molecule has 1 atom stereocenters. The molecule has 1 saturated heterocycles. The molecule has 2 heterocycles. The molecule has 1 fully saturated rings. The molecule has 1 aromatic rings. The van der Waals surface area contributed by atoms with Crippen molar-refractivity contribution in [2.75, 3.05) is 20.1 Å². The Kier molecular flexibility index (Phi) is 3.27. The van der Waals surface area contributed by atoms with Crippen LogP contribution in [0.2, 0.25) is 0 Å². The van der Waals surface area contributed by atoms with Crippen molar-refractivity contribution in [2.45, 2.75) is 44.9 Å². The summed E-state index contributed by atoms with van der Waals surface area (Å²) >= 11 is 0. The van der Waals surface area contributed by atoms with Gasteiger partial charge < -0.3 is 15.0 Å². The Balaban J connectivity index is 1.68. The van der Waals surface area contributed by atoms with E-state index in [4.69, 9.17) is 4.74 Å². The van der Waals surface area contributed by atoms with E-state index in [-0.39, 0.29) is 5.60 Å². The van der Waals surface area contributed by atoms with Crippen LogP contribution in [-0.4, -0.2) is 36.7 Å². The highest BCUT2D eigenvalue weighted by Crippen LogP contribution is 2.37. The van der Waals surface area contributed by atoms with Crippen molar-refractivity contribution in [2.24, 2.45) is 0 Å². The number of para-hydroxylation sites is 1. The monoisotopic (exact) mass is 260 g/mol. The number of rotatable bonds is 3. The molecule has 3 heteroatoms. The van der Waals surface area contributed by atoms with E-state index < -0.39 is 0 Å². The summed E-state index contributed by atoms with van der Waals surface area (Å²) < 4.78 is 6.11. The molecular formula is C16H24N2O. The Bertz CT molecular complexity index is 470. The fraction of sp³-hybridized carbons (Fsp3) is 0.625. The Morgan fingerprint density at radius 2 is 2.26 bits per heavy atom. The standard InChI is InChI=1S/C16H24N2O/c1-16(2)9-12-5-4-6-13(15(12)19-16)10-17-14-7-8-18(3)11-14/h4-6,14,17H,7-11H2,1-3H3. The van der Waals surface area contributed by atoms with Gasteiger partial charge in [-0.25, -0.2) is 0 Å². The summed E-state index contributed by atoms with van der Waals surface area (Å²) in [7, 11) is 2.19. The lowest BCUT2D eigenvalue weighted by molar-refractivity contribution is 0.137. The van der Waals surface area contributed by atoms with E-state index >= 15 is 0 Å². The number of likely N-dealkylation sites (tertiary alicyclic amines) is 1. The second kappa shape index (κ2) is 4.80. The van der Waals surface area contributed by atoms with Gasteiger partial charge in [-0.1, -0.05) is 18.2 Å². The van der Waals surface area contributed by atoms with Crippen molar-refractivity contribution in [3.63, 3.8) is 0 Å². The fourth-order valence-electron chi connectivity index (χ4n) is 3.17. The van der Waals surface area contributed by atoms with Crippen LogP contribution >= 0.6 is 0 Å². The quantitative estimate of drug-likeness (QED) is 0.901. The summed E-state index contributed by atoms with van der Waals surface area (Å²) in [4.78, 5) is 2.38. The lowest BCUT2D eigenvalue weighted by Gasteiger charge is -2.19. The molecule has 3 rings (SSSR count). The number of benzene rings is 1. The Hall–Kier alpha value is -1.06. The van der Waals surface area contributed by atoms with Crippen molar-refractivity contribution >= 4 is 0 Å². The van der Waals surface area contributed by atoms with Crippen LogP contribution in [0.4, 0.5) is 0 Å². The first-order valence-corrected chi connectivity index (χ1v) is 7.25. The number of fused-ring (bicyclic) bond motifs is 1. The van der Waals surface area contributed by atoms with E-state index in [1.807, 2.05) is 0 Å². The maximum Gasteiger partial charge on any atom is 0.127 e. The predicted octanol–water partition coefficient (Wildman–Crippen LogP) is 2.19. The normalized spacial score (nSPS) is 25.3. The van der Waals surface area contributed by atoms with Crippen molar-refractivity contribution < 1.29 is 4.74 Å². The largest absolute Gasteiger partial charge is 0.487 e. The second-order valence-corrected chi connectivity index (χ2v) is 6.57. The molecule has 1 unspecified atom stereocenters. The van der Waals surface area contributed by atoms with Crippen LogP contribution < -0.4 is 10.1 Å². The highest BCUT2D eigenvalue weighted by Gasteiger charge is 2.31. The number of ether oxygens (including phenoxy) is 1. The maximum atomic E-state index is 6.11. The van der Waals surface area contributed by atoms with Crippen molar-refractivity contribution in [1.29, 1.82) is 0 Å². The number of nitrogens with zero attached hydrogens (tertiary/aromatic N) is 1. The van der Waals surface area contributed by atoms with Gasteiger partial charge in [-0.05, 0) is 39.4 Å². The SMILES string of the molecule is CN1CCC(NCc2cccc3c2OC(C)(C)C3)C1. The Morgan fingerprint density at radius 1 is 1.42 bits per heavy atom. The third-order valence-electron chi connectivity index (χ3n) is 4.15. The van der Waals surface area contributed by atoms with E-state index in [1.165, 1.54) is 24.1 Å². The smallest absolute Gasteiger partial charge is 0.127 e. The minimum atomic E-state index is -0.0496. The summed E-state index contributed by atoms with van der Waals surface area (Å²) in [6.45, 7) is 7.60. The van der Waals surface area contributed by atoms with E-state index in [1.54, 1.807) is 0 Å². The lowest BCUT2D eigenvalue weighted by atomic mass is 10.0. The molecular weight excluding hydrogens is 236 g/mol. The van der Waals surface area contributed by atoms with Crippen molar-refractivity contribution in [3.8, 4) is 5.75 Å². The molecule has 1 N–H and O–H groups in total. The average molecular weight is 260 g/mol. The van der Waals surface area contributed by atoms with Crippen LogP contribution in [0.15, 0.2) is 18.2 Å². The molecule has 0 amide bonds. The first kappa shape index (κ1) is 12.9. The van der Waals surface area contributed by atoms with Crippen molar-refractivity contribution in [3.05, 3.63) is 29.3 Å². The lowest BCUT2D eigenvalue weighted by Crippen LogP contribution is -2.31. The first-order valence-electron chi connectivity index (χ1n) is 7.25. The molecule has 2 aliphatic heterocycles.